The Labute approximate surface area is 315 Å². The highest BCUT2D eigenvalue weighted by Crippen LogP contribution is 2.46. The number of H-pyrrole nitrogens is 1. The van der Waals surface area contributed by atoms with Gasteiger partial charge in [-0.1, -0.05) is 146 Å². The lowest BCUT2D eigenvalue weighted by Crippen LogP contribution is -2.01. The number of hydrogen-bond acceptors (Lipinski definition) is 4. The maximum absolute atomic E-state index is 5.41. The number of rotatable bonds is 5. The third kappa shape index (κ3) is 4.94. The van der Waals surface area contributed by atoms with Crippen molar-refractivity contribution in [1.29, 1.82) is 0 Å². The maximum Gasteiger partial charge on any atom is 0.164 e. The summed E-state index contributed by atoms with van der Waals surface area (Å²) in [5.41, 5.74) is 9.71. The Balaban J connectivity index is 1.22. The Bertz CT molecular complexity index is 3200. The molecule has 0 fully saturated rings. The minimum atomic E-state index is 0.637. The molecule has 3 heterocycles. The number of thiophene rings is 1. The summed E-state index contributed by atoms with van der Waals surface area (Å²) in [5.74, 6) is 1.93. The number of aromatic amines is 1. The van der Waals surface area contributed by atoms with Gasteiger partial charge in [0.05, 0.1) is 5.52 Å². The molecule has 0 aliphatic heterocycles. The number of nitrogens with zero attached hydrogens (tertiary/aromatic N) is 3. The van der Waals surface area contributed by atoms with Crippen LogP contribution in [0.3, 0.4) is 0 Å². The van der Waals surface area contributed by atoms with Crippen LogP contribution in [0.2, 0.25) is 0 Å². The van der Waals surface area contributed by atoms with Crippen LogP contribution in [0.4, 0.5) is 0 Å². The van der Waals surface area contributed by atoms with Crippen LogP contribution in [-0.2, 0) is 0 Å². The van der Waals surface area contributed by atoms with E-state index in [9.17, 15) is 0 Å². The molecule has 4 nitrogen and oxygen atoms in total. The highest BCUT2D eigenvalue weighted by atomic mass is 32.1. The van der Waals surface area contributed by atoms with Crippen molar-refractivity contribution in [2.24, 2.45) is 0 Å². The summed E-state index contributed by atoms with van der Waals surface area (Å²) in [5, 5.41) is 7.04. The number of hydrogen-bond donors (Lipinski definition) is 1. The lowest BCUT2D eigenvalue weighted by atomic mass is 9.97. The van der Waals surface area contributed by atoms with Gasteiger partial charge in [0.1, 0.15) is 0 Å². The van der Waals surface area contributed by atoms with Gasteiger partial charge in [0.25, 0.3) is 0 Å². The van der Waals surface area contributed by atoms with E-state index in [1.54, 1.807) is 0 Å². The maximum atomic E-state index is 5.41. The van der Waals surface area contributed by atoms with E-state index in [4.69, 9.17) is 15.0 Å². The summed E-state index contributed by atoms with van der Waals surface area (Å²) in [6, 6.07) is 62.0. The monoisotopic (exact) mass is 706 g/mol. The third-order valence-corrected chi connectivity index (χ3v) is 11.7. The molecule has 0 atom stereocenters. The van der Waals surface area contributed by atoms with Gasteiger partial charge in [0.15, 0.2) is 17.5 Å². The van der Waals surface area contributed by atoms with E-state index in [0.29, 0.717) is 17.5 Å². The molecule has 54 heavy (non-hydrogen) atoms. The van der Waals surface area contributed by atoms with Crippen molar-refractivity contribution >= 4 is 64.1 Å². The predicted molar refractivity (Wildman–Crippen MR) is 227 cm³/mol. The fourth-order valence-corrected chi connectivity index (χ4v) is 9.23. The zero-order valence-corrected chi connectivity index (χ0v) is 29.8. The molecule has 5 heteroatoms. The van der Waals surface area contributed by atoms with Crippen molar-refractivity contribution in [2.75, 3.05) is 0 Å². The van der Waals surface area contributed by atoms with E-state index in [1.165, 1.54) is 36.7 Å². The molecule has 0 radical (unpaired) electrons. The van der Waals surface area contributed by atoms with Crippen molar-refractivity contribution in [2.45, 2.75) is 0 Å². The smallest absolute Gasteiger partial charge is 0.164 e. The van der Waals surface area contributed by atoms with Crippen LogP contribution in [-0.4, -0.2) is 19.9 Å². The molecule has 0 aliphatic carbocycles. The number of fused-ring (bicyclic) bond motifs is 7. The van der Waals surface area contributed by atoms with Crippen LogP contribution in [0.15, 0.2) is 176 Å². The molecule has 8 aromatic carbocycles. The van der Waals surface area contributed by atoms with Gasteiger partial charge in [-0.25, -0.2) is 15.0 Å². The molecule has 0 saturated heterocycles. The first-order valence-corrected chi connectivity index (χ1v) is 18.9. The van der Waals surface area contributed by atoms with E-state index in [1.807, 2.05) is 29.5 Å². The summed E-state index contributed by atoms with van der Waals surface area (Å²) in [6.07, 6.45) is 0. The zero-order chi connectivity index (χ0) is 35.6. The Morgan fingerprint density at radius 1 is 0.389 bits per heavy atom. The van der Waals surface area contributed by atoms with Gasteiger partial charge >= 0.3 is 0 Å². The van der Waals surface area contributed by atoms with E-state index in [2.05, 4.69) is 163 Å². The molecule has 3 aromatic heterocycles. The van der Waals surface area contributed by atoms with Gasteiger partial charge in [-0.2, -0.15) is 0 Å². The van der Waals surface area contributed by atoms with Gasteiger partial charge in [0, 0.05) is 58.7 Å². The minimum absolute atomic E-state index is 0.637. The minimum Gasteiger partial charge on any atom is -0.354 e. The molecule has 0 saturated carbocycles. The van der Waals surface area contributed by atoms with E-state index >= 15 is 0 Å². The van der Waals surface area contributed by atoms with Crippen LogP contribution in [0.1, 0.15) is 0 Å². The van der Waals surface area contributed by atoms with Gasteiger partial charge in [-0.05, 0) is 57.8 Å². The van der Waals surface area contributed by atoms with Crippen LogP contribution in [0, 0.1) is 0 Å². The fourth-order valence-electron chi connectivity index (χ4n) is 7.93. The molecule has 252 valence electrons. The topological polar surface area (TPSA) is 54.5 Å². The molecular weight excluding hydrogens is 677 g/mol. The molecule has 11 rings (SSSR count). The second kappa shape index (κ2) is 12.3. The molecule has 11 aromatic rings. The van der Waals surface area contributed by atoms with Crippen LogP contribution < -0.4 is 0 Å². The van der Waals surface area contributed by atoms with Gasteiger partial charge in [-0.15, -0.1) is 11.3 Å². The van der Waals surface area contributed by atoms with Crippen LogP contribution in [0.25, 0.3) is 109 Å². The molecule has 0 amide bonds. The number of benzene rings is 8. The normalized spacial score (nSPS) is 11.7. The van der Waals surface area contributed by atoms with Crippen LogP contribution in [0.5, 0.6) is 0 Å². The van der Waals surface area contributed by atoms with Crippen molar-refractivity contribution < 1.29 is 0 Å². The Hall–Kier alpha value is -6.95. The third-order valence-electron chi connectivity index (χ3n) is 10.5. The largest absolute Gasteiger partial charge is 0.354 e. The molecule has 1 N–H and O–H groups in total. The first-order valence-electron chi connectivity index (χ1n) is 18.1. The standard InChI is InChI=1S/C49H30N4S/c1-4-14-30(15-5-1)35-24-26-38(43-37-22-12-13-23-41(37)50-45(35)43)48-51-47(32-18-8-3-9-19-32)52-49(53-48)39-27-25-36(31-16-6-2-7-17-31)46-44(39)40-28-33-20-10-11-21-34(33)29-42(40)54-46/h1-29,50H. The second-order valence-corrected chi connectivity index (χ2v) is 14.7. The highest BCUT2D eigenvalue weighted by molar-refractivity contribution is 7.26. The average Bonchev–Trinajstić information content (AvgIpc) is 3.82. The summed E-state index contributed by atoms with van der Waals surface area (Å²) in [6.45, 7) is 0. The first kappa shape index (κ1) is 30.7. The van der Waals surface area contributed by atoms with Gasteiger partial charge < -0.3 is 4.98 Å². The summed E-state index contributed by atoms with van der Waals surface area (Å²) < 4.78 is 2.46. The van der Waals surface area contributed by atoms with Crippen molar-refractivity contribution in [3.63, 3.8) is 0 Å². The fraction of sp³-hybridized carbons (Fsp3) is 0. The molecular formula is C49H30N4S. The van der Waals surface area contributed by atoms with Gasteiger partial charge in [0.2, 0.25) is 0 Å². The number of para-hydroxylation sites is 1. The van der Waals surface area contributed by atoms with Crippen molar-refractivity contribution in [3.05, 3.63) is 176 Å². The Kier molecular flexibility index (Phi) is 7.00. The Morgan fingerprint density at radius 3 is 1.61 bits per heavy atom. The lowest BCUT2D eigenvalue weighted by molar-refractivity contribution is 1.08. The summed E-state index contributed by atoms with van der Waals surface area (Å²) >= 11 is 1.84. The van der Waals surface area contributed by atoms with E-state index < -0.39 is 0 Å². The second-order valence-electron chi connectivity index (χ2n) is 13.6. The number of aromatic nitrogens is 4. The molecule has 0 aliphatic rings. The first-order chi connectivity index (χ1) is 26.8. The highest BCUT2D eigenvalue weighted by Gasteiger charge is 2.22. The molecule has 0 spiro atoms. The number of nitrogens with one attached hydrogen (secondary N) is 1. The average molecular weight is 707 g/mol. The van der Waals surface area contributed by atoms with Crippen LogP contribution >= 0.6 is 11.3 Å². The molecule has 0 unspecified atom stereocenters. The lowest BCUT2D eigenvalue weighted by Gasteiger charge is -2.13. The van der Waals surface area contributed by atoms with E-state index in [-0.39, 0.29) is 0 Å². The van der Waals surface area contributed by atoms with Crippen molar-refractivity contribution in [3.8, 4) is 56.4 Å². The zero-order valence-electron chi connectivity index (χ0n) is 29.0. The SMILES string of the molecule is c1ccc(-c2nc(-c3ccc(-c4ccccc4)c4[nH]c5ccccc5c34)nc(-c3ccc(-c4ccccc4)c4sc5cc6ccccc6cc5c34)n2)cc1. The van der Waals surface area contributed by atoms with Gasteiger partial charge in [-0.3, -0.25) is 0 Å². The summed E-state index contributed by atoms with van der Waals surface area (Å²) in [7, 11) is 0. The molecule has 0 bridgehead atoms. The summed E-state index contributed by atoms with van der Waals surface area (Å²) in [4.78, 5) is 19.7. The predicted octanol–water partition coefficient (Wildman–Crippen LogP) is 13.4. The van der Waals surface area contributed by atoms with Crippen molar-refractivity contribution in [1.82, 2.24) is 19.9 Å². The van der Waals surface area contributed by atoms with E-state index in [0.717, 1.165) is 55.0 Å². The quantitative estimate of drug-likeness (QED) is 0.194. The Morgan fingerprint density at radius 2 is 0.907 bits per heavy atom.